The number of para-hydroxylation sites is 2. The summed E-state index contributed by atoms with van der Waals surface area (Å²) >= 11 is 0. The predicted molar refractivity (Wildman–Crippen MR) is 179 cm³/mol. The van der Waals surface area contributed by atoms with Gasteiger partial charge in [-0.3, -0.25) is 14.4 Å². The first kappa shape index (κ1) is 35.0. The molecule has 4 N–H and O–H groups in total. The van der Waals surface area contributed by atoms with E-state index in [2.05, 4.69) is 20.6 Å². The van der Waals surface area contributed by atoms with Crippen molar-refractivity contribution in [2.24, 2.45) is 0 Å². The Morgan fingerprint density at radius 3 is 1.65 bits per heavy atom. The monoisotopic (exact) mass is 622 g/mol. The Hall–Kier alpha value is -4.19. The fraction of sp³-hybridized carbons (Fsp3) is 0.219. The van der Waals surface area contributed by atoms with Gasteiger partial charge in [0.15, 0.2) is 6.29 Å². The summed E-state index contributed by atoms with van der Waals surface area (Å²) in [6, 6.07) is 22.8. The first-order chi connectivity index (χ1) is 20.1. The van der Waals surface area contributed by atoms with Gasteiger partial charge in [0.2, 0.25) is 5.91 Å². The number of hydrogen-bond donors (Lipinski definition) is 4. The first-order valence-electron chi connectivity index (χ1n) is 13.4. The molecule has 228 valence electrons. The van der Waals surface area contributed by atoms with E-state index in [0.717, 1.165) is 34.5 Å². The van der Waals surface area contributed by atoms with Crippen molar-refractivity contribution in [3.63, 3.8) is 0 Å². The largest absolute Gasteiger partial charge is 0.362 e. The Morgan fingerprint density at radius 1 is 0.651 bits per heavy atom. The summed E-state index contributed by atoms with van der Waals surface area (Å²) < 4.78 is 20.4. The number of fused-ring (bicyclic) bond motifs is 2. The maximum absolute atomic E-state index is 11.8. The molecule has 0 spiro atoms. The van der Waals surface area contributed by atoms with Gasteiger partial charge in [0.25, 0.3) is 5.91 Å². The zero-order valence-electron chi connectivity index (χ0n) is 25.4. The van der Waals surface area contributed by atoms with Crippen molar-refractivity contribution in [2.45, 2.75) is 6.42 Å². The third-order valence-corrected chi connectivity index (χ3v) is 5.02. The molecule has 11 heteroatoms. The molecule has 0 saturated heterocycles. The van der Waals surface area contributed by atoms with Crippen LogP contribution in [0, 0.1) is 0 Å². The molecule has 0 fully saturated rings. The van der Waals surface area contributed by atoms with Crippen molar-refractivity contribution in [1.82, 2.24) is 9.97 Å². The van der Waals surface area contributed by atoms with E-state index in [0.29, 0.717) is 17.7 Å². The fourth-order valence-electron chi connectivity index (χ4n) is 3.45. The number of carbonyl (C=O) groups excluding carboxylic acids is 3. The van der Waals surface area contributed by atoms with Gasteiger partial charge in [0.05, 0.1) is 32.0 Å². The molecule has 2 aliphatic rings. The van der Waals surface area contributed by atoms with E-state index < -0.39 is 14.3 Å². The molecule has 2 aromatic carbocycles. The minimum atomic E-state index is -1.64. The summed E-state index contributed by atoms with van der Waals surface area (Å²) in [5.74, 6) is 0.0528. The van der Waals surface area contributed by atoms with E-state index >= 15 is 0 Å². The van der Waals surface area contributed by atoms with Crippen LogP contribution in [0.5, 0.6) is 0 Å². The Balaban J connectivity index is 0.000000206. The topological polar surface area (TPSA) is 141 Å². The van der Waals surface area contributed by atoms with Gasteiger partial charge in [0, 0.05) is 35.0 Å². The molecule has 2 aliphatic heterocycles. The number of hydrogen-bond acceptors (Lipinski definition) is 5. The highest BCUT2D eigenvalue weighted by Gasteiger charge is 2.23. The van der Waals surface area contributed by atoms with Crippen LogP contribution in [0.1, 0.15) is 27.3 Å². The fourth-order valence-corrected chi connectivity index (χ4v) is 3.45. The minimum absolute atomic E-state index is 0.0456. The summed E-state index contributed by atoms with van der Waals surface area (Å²) in [4.78, 5) is 38.2. The average Bonchev–Trinajstić information content (AvgIpc) is 3.71. The van der Waals surface area contributed by atoms with Gasteiger partial charge >= 0.3 is 0 Å². The van der Waals surface area contributed by atoms with Crippen molar-refractivity contribution in [3.8, 4) is 0 Å². The van der Waals surface area contributed by atoms with Crippen molar-refractivity contribution in [1.29, 1.82) is 0 Å². The molecule has 0 bridgehead atoms. The molecule has 0 aliphatic carbocycles. The van der Waals surface area contributed by atoms with Gasteiger partial charge in [-0.05, 0) is 88.0 Å². The molecule has 4 aromatic rings. The number of anilines is 2. The summed E-state index contributed by atoms with van der Waals surface area (Å²) in [5.41, 5.74) is 6.17. The van der Waals surface area contributed by atoms with E-state index in [1.807, 2.05) is 72.9 Å². The molecule has 4 heterocycles. The molecule has 2 aromatic heterocycles. The highest BCUT2D eigenvalue weighted by atomic mass is 31.2. The molecule has 0 saturated carbocycles. The molecule has 0 unspecified atom stereocenters. The lowest BCUT2D eigenvalue weighted by Crippen LogP contribution is -2.03. The van der Waals surface area contributed by atoms with Crippen LogP contribution in [0.3, 0.4) is 0 Å². The van der Waals surface area contributed by atoms with E-state index in [4.69, 9.17) is 0 Å². The lowest BCUT2D eigenvalue weighted by molar-refractivity contribution is -0.115. The third-order valence-electron chi connectivity index (χ3n) is 5.02. The van der Waals surface area contributed by atoms with Crippen molar-refractivity contribution in [2.75, 3.05) is 50.6 Å². The van der Waals surface area contributed by atoms with E-state index in [-0.39, 0.29) is 11.8 Å². The van der Waals surface area contributed by atoms with Gasteiger partial charge in [-0.1, -0.05) is 36.4 Å². The molecule has 0 atom stereocenters. The summed E-state index contributed by atoms with van der Waals surface area (Å²) in [6.45, 7) is 10.5. The molecule has 43 heavy (non-hydrogen) atoms. The standard InChI is InChI=1S/C13H10N2O.C8H7NO.C5H5NO.2C3H9OP/c16-13-11(8-9-4-3-7-14-9)10-5-1-2-6-12(10)15-13;10-8-5-6-3-1-2-4-7(6)9-8;7-4-5-2-1-3-6-5;2*1-5(2,3)4/h1-8,14H,(H,15,16);1-4H,5H2,(H,9,10);1-4,6H;2*1-3H3. The smallest absolute Gasteiger partial charge is 0.256 e. The Labute approximate surface area is 253 Å². The molecule has 2 amide bonds. The second-order valence-electron chi connectivity index (χ2n) is 11.1. The first-order valence-corrected chi connectivity index (χ1v) is 19.5. The van der Waals surface area contributed by atoms with Crippen LogP contribution >= 0.6 is 14.3 Å². The SMILES string of the molecule is CP(C)(C)=O.CP(C)(C)=O.O=C1Cc2ccccc2N1.O=C1Nc2ccccc2C1=Cc1ccc[nH]1.O=Cc1ccc[nH]1. The number of nitrogens with one attached hydrogen (secondary N) is 4. The number of rotatable bonds is 2. The molecular weight excluding hydrogens is 582 g/mol. The van der Waals surface area contributed by atoms with E-state index in [9.17, 15) is 23.5 Å². The highest BCUT2D eigenvalue weighted by molar-refractivity contribution is 7.61. The number of H-pyrrole nitrogens is 2. The molecule has 6 rings (SSSR count). The average molecular weight is 623 g/mol. The van der Waals surface area contributed by atoms with Crippen LogP contribution < -0.4 is 10.6 Å². The summed E-state index contributed by atoms with van der Waals surface area (Å²) in [7, 11) is -3.28. The van der Waals surface area contributed by atoms with E-state index in [1.54, 1.807) is 58.3 Å². The normalized spacial score (nSPS) is 13.6. The van der Waals surface area contributed by atoms with Gasteiger partial charge in [-0.25, -0.2) is 0 Å². The second-order valence-corrected chi connectivity index (χ2v) is 18.6. The maximum Gasteiger partial charge on any atom is 0.256 e. The molecular formula is C32H40N4O5P2. The van der Waals surface area contributed by atoms with Crippen LogP contribution in [0.25, 0.3) is 11.6 Å². The Kier molecular flexibility index (Phi) is 13.4. The Bertz CT molecular complexity index is 1550. The quantitative estimate of drug-likeness (QED) is 0.108. The molecule has 9 nitrogen and oxygen atoms in total. The number of carbonyl (C=O) groups is 3. The van der Waals surface area contributed by atoms with Gasteiger partial charge in [0.1, 0.15) is 0 Å². The molecule has 0 radical (unpaired) electrons. The van der Waals surface area contributed by atoms with Crippen LogP contribution in [-0.2, 0) is 25.1 Å². The number of aromatic nitrogens is 2. The van der Waals surface area contributed by atoms with Crippen molar-refractivity contribution >= 4 is 55.4 Å². The number of aromatic amines is 2. The van der Waals surface area contributed by atoms with E-state index in [1.165, 1.54) is 0 Å². The predicted octanol–water partition coefficient (Wildman–Crippen LogP) is 6.99. The third kappa shape index (κ3) is 14.5. The number of benzene rings is 2. The van der Waals surface area contributed by atoms with Gasteiger partial charge in [-0.2, -0.15) is 0 Å². The zero-order valence-corrected chi connectivity index (χ0v) is 27.2. The van der Waals surface area contributed by atoms with Crippen LogP contribution in [0.4, 0.5) is 11.4 Å². The summed E-state index contributed by atoms with van der Waals surface area (Å²) in [6.07, 6.45) is 6.73. The van der Waals surface area contributed by atoms with Crippen molar-refractivity contribution in [3.05, 3.63) is 108 Å². The summed E-state index contributed by atoms with van der Waals surface area (Å²) in [5, 5.41) is 5.60. The number of aldehydes is 1. The van der Waals surface area contributed by atoms with Crippen LogP contribution in [0.15, 0.2) is 85.2 Å². The Morgan fingerprint density at radius 2 is 1.16 bits per heavy atom. The number of amides is 2. The zero-order chi connectivity index (χ0) is 32.0. The van der Waals surface area contributed by atoms with Crippen LogP contribution in [0.2, 0.25) is 0 Å². The minimum Gasteiger partial charge on any atom is -0.362 e. The lowest BCUT2D eigenvalue weighted by atomic mass is 10.1. The van der Waals surface area contributed by atoms with Gasteiger partial charge < -0.3 is 29.7 Å². The maximum atomic E-state index is 11.8. The lowest BCUT2D eigenvalue weighted by Gasteiger charge is -1.95. The van der Waals surface area contributed by atoms with Crippen LogP contribution in [-0.4, -0.2) is 68.1 Å². The highest BCUT2D eigenvalue weighted by Crippen LogP contribution is 2.32. The van der Waals surface area contributed by atoms with Crippen molar-refractivity contribution < 1.29 is 23.5 Å². The second kappa shape index (κ2) is 16.4. The van der Waals surface area contributed by atoms with Gasteiger partial charge in [-0.15, -0.1) is 0 Å².